The van der Waals surface area contributed by atoms with Crippen molar-refractivity contribution in [3.8, 4) is 0 Å². The van der Waals surface area contributed by atoms with Gasteiger partial charge in [0.15, 0.2) is 0 Å². The molecule has 0 N–H and O–H groups in total. The van der Waals surface area contributed by atoms with Gasteiger partial charge in [-0.1, -0.05) is 59.6 Å². The van der Waals surface area contributed by atoms with Crippen LogP contribution in [0.15, 0.2) is 11.6 Å². The van der Waals surface area contributed by atoms with Crippen LogP contribution in [-0.2, 0) is 0 Å². The minimum absolute atomic E-state index is 0.469. The van der Waals surface area contributed by atoms with Crippen molar-refractivity contribution in [2.45, 2.75) is 74.1 Å². The number of rotatable bonds is 5. The van der Waals surface area contributed by atoms with Crippen LogP contribution in [0.5, 0.6) is 0 Å². The summed E-state index contributed by atoms with van der Waals surface area (Å²) in [6.07, 6.45) is 7.46. The third-order valence-corrected chi connectivity index (χ3v) is 3.10. The first-order valence-corrected chi connectivity index (χ1v) is 6.32. The first-order chi connectivity index (χ1) is 6.66. The Bertz CT molecular complexity index is 201. The van der Waals surface area contributed by atoms with Gasteiger partial charge in [0.2, 0.25) is 0 Å². The van der Waals surface area contributed by atoms with Crippen molar-refractivity contribution < 1.29 is 0 Å². The van der Waals surface area contributed by atoms with E-state index in [1.165, 1.54) is 25.7 Å². The van der Waals surface area contributed by atoms with E-state index in [1.54, 1.807) is 5.57 Å². The lowest BCUT2D eigenvalue weighted by Crippen LogP contribution is -2.09. The van der Waals surface area contributed by atoms with Gasteiger partial charge < -0.3 is 0 Å². The van der Waals surface area contributed by atoms with E-state index in [2.05, 4.69) is 54.5 Å². The molecule has 0 bridgehead atoms. The second-order valence-electron chi connectivity index (χ2n) is 6.84. The summed E-state index contributed by atoms with van der Waals surface area (Å²) < 4.78 is 0. The van der Waals surface area contributed by atoms with Gasteiger partial charge in [-0.15, -0.1) is 0 Å². The van der Waals surface area contributed by atoms with E-state index < -0.39 is 0 Å². The summed E-state index contributed by atoms with van der Waals surface area (Å²) in [6, 6.07) is 0. The molecule has 0 saturated carbocycles. The maximum atomic E-state index is 2.43. The Morgan fingerprint density at radius 3 is 2.00 bits per heavy atom. The molecule has 0 radical (unpaired) electrons. The maximum Gasteiger partial charge on any atom is -0.0272 e. The normalized spacial score (nSPS) is 14.5. The molecule has 0 heteroatoms. The molecule has 90 valence electrons. The molecule has 0 saturated heterocycles. The van der Waals surface area contributed by atoms with Crippen LogP contribution in [0.25, 0.3) is 0 Å². The highest BCUT2D eigenvalue weighted by Gasteiger charge is 2.15. The lowest BCUT2D eigenvalue weighted by Gasteiger charge is -2.23. The molecule has 0 amide bonds. The Morgan fingerprint density at radius 1 is 1.07 bits per heavy atom. The van der Waals surface area contributed by atoms with Crippen LogP contribution < -0.4 is 0 Å². The summed E-state index contributed by atoms with van der Waals surface area (Å²) in [6.45, 7) is 16.2. The topological polar surface area (TPSA) is 0 Å². The summed E-state index contributed by atoms with van der Waals surface area (Å²) >= 11 is 0. The van der Waals surface area contributed by atoms with Gasteiger partial charge in [0, 0.05) is 0 Å². The SMILES string of the molecule is CCC(C)(C)C/C(C)=C/CCC(C)(C)C. The molecule has 0 fully saturated rings. The van der Waals surface area contributed by atoms with Crippen molar-refractivity contribution in [3.63, 3.8) is 0 Å². The zero-order valence-electron chi connectivity index (χ0n) is 11.9. The second kappa shape index (κ2) is 5.72. The molecule has 15 heavy (non-hydrogen) atoms. The Hall–Kier alpha value is -0.260. The summed E-state index contributed by atoms with van der Waals surface area (Å²) in [5.41, 5.74) is 2.51. The average Bonchev–Trinajstić information content (AvgIpc) is 2.00. The maximum absolute atomic E-state index is 2.43. The minimum atomic E-state index is 0.469. The summed E-state index contributed by atoms with van der Waals surface area (Å²) in [5.74, 6) is 0. The van der Waals surface area contributed by atoms with E-state index in [-0.39, 0.29) is 0 Å². The van der Waals surface area contributed by atoms with E-state index >= 15 is 0 Å². The Labute approximate surface area is 97.2 Å². The molecule has 0 aliphatic rings. The van der Waals surface area contributed by atoms with Crippen LogP contribution in [0.3, 0.4) is 0 Å². The van der Waals surface area contributed by atoms with E-state index in [4.69, 9.17) is 0 Å². The van der Waals surface area contributed by atoms with Gasteiger partial charge in [-0.25, -0.2) is 0 Å². The molecule has 0 atom stereocenters. The lowest BCUT2D eigenvalue weighted by molar-refractivity contribution is 0.346. The van der Waals surface area contributed by atoms with Gasteiger partial charge in [0.1, 0.15) is 0 Å². The largest absolute Gasteiger partial charge is 0.0856 e. The zero-order chi connectivity index (χ0) is 12.1. The lowest BCUT2D eigenvalue weighted by atomic mass is 9.83. The van der Waals surface area contributed by atoms with Crippen molar-refractivity contribution >= 4 is 0 Å². The van der Waals surface area contributed by atoms with E-state index in [0.717, 1.165) is 0 Å². The number of hydrogen-bond donors (Lipinski definition) is 0. The highest BCUT2D eigenvalue weighted by atomic mass is 14.2. The first kappa shape index (κ1) is 14.7. The molecule has 0 aromatic heterocycles. The Morgan fingerprint density at radius 2 is 1.60 bits per heavy atom. The van der Waals surface area contributed by atoms with Crippen molar-refractivity contribution in [2.75, 3.05) is 0 Å². The number of hydrogen-bond acceptors (Lipinski definition) is 0. The Kier molecular flexibility index (Phi) is 5.62. The summed E-state index contributed by atoms with van der Waals surface area (Å²) in [4.78, 5) is 0. The number of allylic oxidation sites excluding steroid dienone is 2. The fourth-order valence-electron chi connectivity index (χ4n) is 1.70. The van der Waals surface area contributed by atoms with Crippen LogP contribution in [0, 0.1) is 10.8 Å². The van der Waals surface area contributed by atoms with Crippen LogP contribution in [-0.4, -0.2) is 0 Å². The third-order valence-electron chi connectivity index (χ3n) is 3.10. The second-order valence-corrected chi connectivity index (χ2v) is 6.84. The smallest absolute Gasteiger partial charge is 0.0272 e. The highest BCUT2D eigenvalue weighted by molar-refractivity contribution is 5.01. The van der Waals surface area contributed by atoms with Gasteiger partial charge in [0.05, 0.1) is 0 Å². The molecule has 0 aromatic rings. The van der Waals surface area contributed by atoms with Crippen LogP contribution in [0.1, 0.15) is 74.1 Å². The van der Waals surface area contributed by atoms with Crippen molar-refractivity contribution in [1.29, 1.82) is 0 Å². The monoisotopic (exact) mass is 210 g/mol. The highest BCUT2D eigenvalue weighted by Crippen LogP contribution is 2.29. The third kappa shape index (κ3) is 8.72. The van der Waals surface area contributed by atoms with Gasteiger partial charge in [-0.2, -0.15) is 0 Å². The molecule has 0 spiro atoms. The average molecular weight is 210 g/mol. The summed E-state index contributed by atoms with van der Waals surface area (Å²) in [5, 5.41) is 0. The molecular formula is C15H30. The quantitative estimate of drug-likeness (QED) is 0.519. The standard InChI is InChI=1S/C15H30/c1-8-15(6,7)12-13(2)10-9-11-14(3,4)5/h10H,8-9,11-12H2,1-7H3/b13-10+. The van der Waals surface area contributed by atoms with Crippen molar-refractivity contribution in [3.05, 3.63) is 11.6 Å². The van der Waals surface area contributed by atoms with Crippen molar-refractivity contribution in [2.24, 2.45) is 10.8 Å². The van der Waals surface area contributed by atoms with Crippen LogP contribution in [0.2, 0.25) is 0 Å². The van der Waals surface area contributed by atoms with Crippen molar-refractivity contribution in [1.82, 2.24) is 0 Å². The Balaban J connectivity index is 4.00. The molecule has 0 aliphatic heterocycles. The molecule has 0 nitrogen and oxygen atoms in total. The van der Waals surface area contributed by atoms with Gasteiger partial charge in [0.25, 0.3) is 0 Å². The first-order valence-electron chi connectivity index (χ1n) is 6.32. The van der Waals surface area contributed by atoms with Gasteiger partial charge in [-0.05, 0) is 37.0 Å². The fourth-order valence-corrected chi connectivity index (χ4v) is 1.70. The van der Waals surface area contributed by atoms with Gasteiger partial charge in [-0.3, -0.25) is 0 Å². The predicted molar refractivity (Wildman–Crippen MR) is 71.1 cm³/mol. The van der Waals surface area contributed by atoms with Gasteiger partial charge >= 0.3 is 0 Å². The molecule has 0 aromatic carbocycles. The molecule has 0 heterocycles. The fraction of sp³-hybridized carbons (Fsp3) is 0.867. The van der Waals surface area contributed by atoms with E-state index in [0.29, 0.717) is 10.8 Å². The van der Waals surface area contributed by atoms with Crippen LogP contribution >= 0.6 is 0 Å². The summed E-state index contributed by atoms with van der Waals surface area (Å²) in [7, 11) is 0. The molecule has 0 unspecified atom stereocenters. The minimum Gasteiger partial charge on any atom is -0.0856 e. The van der Waals surface area contributed by atoms with Crippen LogP contribution in [0.4, 0.5) is 0 Å². The molecular weight excluding hydrogens is 180 g/mol. The van der Waals surface area contributed by atoms with E-state index in [9.17, 15) is 0 Å². The zero-order valence-corrected chi connectivity index (χ0v) is 11.9. The molecule has 0 rings (SSSR count). The predicted octanol–water partition coefficient (Wildman–Crippen LogP) is 5.59. The molecule has 0 aliphatic carbocycles. The van der Waals surface area contributed by atoms with E-state index in [1.807, 2.05) is 0 Å².